The van der Waals surface area contributed by atoms with Crippen molar-refractivity contribution < 1.29 is 9.59 Å². The summed E-state index contributed by atoms with van der Waals surface area (Å²) in [6.45, 7) is 4.77. The summed E-state index contributed by atoms with van der Waals surface area (Å²) >= 11 is 0. The highest BCUT2D eigenvalue weighted by atomic mass is 16.2. The summed E-state index contributed by atoms with van der Waals surface area (Å²) in [6, 6.07) is 0.218. The Bertz CT molecular complexity index is 279. The second-order valence-corrected chi connectivity index (χ2v) is 5.08. The van der Waals surface area contributed by atoms with Crippen LogP contribution in [0.4, 0.5) is 0 Å². The first-order chi connectivity index (χ1) is 8.04. The van der Waals surface area contributed by atoms with Crippen LogP contribution in [0.15, 0.2) is 0 Å². The van der Waals surface area contributed by atoms with E-state index in [9.17, 15) is 9.59 Å². The molecule has 0 aromatic rings. The lowest BCUT2D eigenvalue weighted by atomic mass is 10.1. The second-order valence-electron chi connectivity index (χ2n) is 5.08. The maximum Gasteiger partial charge on any atom is 0.225 e. The molecule has 0 aromatic heterocycles. The topological polar surface area (TPSA) is 49.4 Å². The lowest BCUT2D eigenvalue weighted by molar-refractivity contribution is -0.128. The van der Waals surface area contributed by atoms with Gasteiger partial charge < -0.3 is 10.2 Å². The number of nitrogens with one attached hydrogen (secondary N) is 1. The molecule has 1 rings (SSSR count). The first-order valence-electron chi connectivity index (χ1n) is 6.59. The number of hydrogen-bond donors (Lipinski definition) is 1. The molecule has 0 aromatic carbocycles. The van der Waals surface area contributed by atoms with E-state index in [0.717, 1.165) is 12.8 Å². The third-order valence-electron chi connectivity index (χ3n) is 3.34. The van der Waals surface area contributed by atoms with E-state index in [0.29, 0.717) is 13.0 Å². The molecule has 4 heteroatoms. The Morgan fingerprint density at radius 2 is 2.24 bits per heavy atom. The molecule has 1 N–H and O–H groups in total. The number of hydrogen-bond acceptors (Lipinski definition) is 2. The first kappa shape index (κ1) is 14.0. The van der Waals surface area contributed by atoms with Gasteiger partial charge in [-0.2, -0.15) is 0 Å². The molecule has 2 amide bonds. The van der Waals surface area contributed by atoms with Crippen molar-refractivity contribution in [2.45, 2.75) is 52.0 Å². The molecule has 0 unspecified atom stereocenters. The van der Waals surface area contributed by atoms with Crippen molar-refractivity contribution in [1.29, 1.82) is 0 Å². The van der Waals surface area contributed by atoms with Crippen molar-refractivity contribution in [3.8, 4) is 0 Å². The smallest absolute Gasteiger partial charge is 0.225 e. The highest BCUT2D eigenvalue weighted by Crippen LogP contribution is 2.16. The first-order valence-corrected chi connectivity index (χ1v) is 6.59. The van der Waals surface area contributed by atoms with Gasteiger partial charge in [0.15, 0.2) is 0 Å². The van der Waals surface area contributed by atoms with E-state index in [1.807, 2.05) is 6.92 Å². The largest absolute Gasteiger partial charge is 0.353 e. The maximum atomic E-state index is 11.9. The molecule has 0 saturated carbocycles. The predicted octanol–water partition coefficient (Wildman–Crippen LogP) is 1.55. The van der Waals surface area contributed by atoms with Crippen molar-refractivity contribution in [1.82, 2.24) is 10.2 Å². The van der Waals surface area contributed by atoms with Crippen LogP contribution in [0.5, 0.6) is 0 Å². The number of carbonyl (C=O) groups excluding carboxylic acids is 2. The number of rotatable bonds is 6. The molecule has 0 aliphatic carbocycles. The van der Waals surface area contributed by atoms with Gasteiger partial charge in [-0.15, -0.1) is 0 Å². The van der Waals surface area contributed by atoms with Gasteiger partial charge in [0, 0.05) is 26.1 Å². The van der Waals surface area contributed by atoms with Gasteiger partial charge in [-0.05, 0) is 13.3 Å². The van der Waals surface area contributed by atoms with Crippen LogP contribution < -0.4 is 5.32 Å². The molecule has 17 heavy (non-hydrogen) atoms. The normalized spacial score (nSPS) is 21.7. The molecular formula is C13H24N2O2. The van der Waals surface area contributed by atoms with Crippen molar-refractivity contribution in [3.63, 3.8) is 0 Å². The van der Waals surface area contributed by atoms with Gasteiger partial charge in [-0.25, -0.2) is 0 Å². The molecule has 0 spiro atoms. The summed E-state index contributed by atoms with van der Waals surface area (Å²) in [5.41, 5.74) is 0. The molecule has 1 aliphatic rings. The summed E-state index contributed by atoms with van der Waals surface area (Å²) in [4.78, 5) is 24.9. The van der Waals surface area contributed by atoms with E-state index in [-0.39, 0.29) is 23.8 Å². The minimum absolute atomic E-state index is 0.0340. The summed E-state index contributed by atoms with van der Waals surface area (Å²) < 4.78 is 0. The van der Waals surface area contributed by atoms with Gasteiger partial charge >= 0.3 is 0 Å². The fourth-order valence-corrected chi connectivity index (χ4v) is 2.17. The molecule has 0 radical (unpaired) electrons. The van der Waals surface area contributed by atoms with Gasteiger partial charge in [-0.1, -0.05) is 26.2 Å². The summed E-state index contributed by atoms with van der Waals surface area (Å²) in [5, 5.41) is 3.00. The van der Waals surface area contributed by atoms with E-state index in [2.05, 4.69) is 12.2 Å². The molecule has 1 heterocycles. The average molecular weight is 240 g/mol. The monoisotopic (exact) mass is 240 g/mol. The molecule has 1 aliphatic heterocycles. The predicted molar refractivity (Wildman–Crippen MR) is 67.5 cm³/mol. The van der Waals surface area contributed by atoms with Crippen LogP contribution >= 0.6 is 0 Å². The second kappa shape index (κ2) is 6.62. The molecule has 4 nitrogen and oxygen atoms in total. The van der Waals surface area contributed by atoms with Crippen LogP contribution in [0.1, 0.15) is 46.0 Å². The zero-order chi connectivity index (χ0) is 12.8. The SMILES string of the molecule is CCCCC[C@@H](C)NC(=O)[C@@H]1CC(=O)N(C)C1. The zero-order valence-corrected chi connectivity index (χ0v) is 11.2. The Kier molecular flexibility index (Phi) is 5.45. The maximum absolute atomic E-state index is 11.9. The fourth-order valence-electron chi connectivity index (χ4n) is 2.17. The molecule has 0 bridgehead atoms. The molecule has 98 valence electrons. The van der Waals surface area contributed by atoms with E-state index in [1.165, 1.54) is 12.8 Å². The van der Waals surface area contributed by atoms with E-state index >= 15 is 0 Å². The third kappa shape index (κ3) is 4.36. The fraction of sp³-hybridized carbons (Fsp3) is 0.846. The standard InChI is InChI=1S/C13H24N2O2/c1-4-5-6-7-10(2)14-13(17)11-8-12(16)15(3)9-11/h10-11H,4-9H2,1-3H3,(H,14,17)/t10-,11-/m1/s1. The molecule has 2 atom stereocenters. The van der Waals surface area contributed by atoms with Gasteiger partial charge in [0.1, 0.15) is 0 Å². The van der Waals surface area contributed by atoms with E-state index in [1.54, 1.807) is 11.9 Å². The van der Waals surface area contributed by atoms with Crippen LogP contribution in [-0.2, 0) is 9.59 Å². The summed E-state index contributed by atoms with van der Waals surface area (Å²) in [7, 11) is 1.75. The number of unbranched alkanes of at least 4 members (excludes halogenated alkanes) is 2. The lowest BCUT2D eigenvalue weighted by Crippen LogP contribution is -2.38. The van der Waals surface area contributed by atoms with Gasteiger partial charge in [0.25, 0.3) is 0 Å². The Balaban J connectivity index is 2.27. The van der Waals surface area contributed by atoms with Crippen LogP contribution in [0, 0.1) is 5.92 Å². The van der Waals surface area contributed by atoms with Gasteiger partial charge in [0.2, 0.25) is 11.8 Å². The average Bonchev–Trinajstić information content (AvgIpc) is 2.60. The summed E-state index contributed by atoms with van der Waals surface area (Å²) in [6.07, 6.45) is 4.95. The Morgan fingerprint density at radius 1 is 1.53 bits per heavy atom. The van der Waals surface area contributed by atoms with Gasteiger partial charge in [-0.3, -0.25) is 9.59 Å². The third-order valence-corrected chi connectivity index (χ3v) is 3.34. The number of carbonyl (C=O) groups is 2. The molecular weight excluding hydrogens is 216 g/mol. The minimum Gasteiger partial charge on any atom is -0.353 e. The van der Waals surface area contributed by atoms with Crippen molar-refractivity contribution in [3.05, 3.63) is 0 Å². The zero-order valence-electron chi connectivity index (χ0n) is 11.2. The van der Waals surface area contributed by atoms with E-state index in [4.69, 9.17) is 0 Å². The van der Waals surface area contributed by atoms with Crippen LogP contribution in [0.2, 0.25) is 0 Å². The Morgan fingerprint density at radius 3 is 2.76 bits per heavy atom. The van der Waals surface area contributed by atoms with Crippen molar-refractivity contribution in [2.75, 3.05) is 13.6 Å². The minimum atomic E-state index is -0.152. The Hall–Kier alpha value is -1.06. The highest BCUT2D eigenvalue weighted by Gasteiger charge is 2.32. The van der Waals surface area contributed by atoms with Crippen molar-refractivity contribution in [2.24, 2.45) is 5.92 Å². The van der Waals surface area contributed by atoms with E-state index < -0.39 is 0 Å². The molecule has 1 fully saturated rings. The number of amides is 2. The lowest BCUT2D eigenvalue weighted by Gasteiger charge is -2.16. The summed E-state index contributed by atoms with van der Waals surface area (Å²) in [5.74, 6) is -0.0448. The quantitative estimate of drug-likeness (QED) is 0.716. The highest BCUT2D eigenvalue weighted by molar-refractivity contribution is 5.89. The van der Waals surface area contributed by atoms with Crippen LogP contribution in [0.25, 0.3) is 0 Å². The van der Waals surface area contributed by atoms with Crippen LogP contribution in [0.3, 0.4) is 0 Å². The number of likely N-dealkylation sites (tertiary alicyclic amines) is 1. The van der Waals surface area contributed by atoms with Crippen molar-refractivity contribution >= 4 is 11.8 Å². The molecule has 1 saturated heterocycles. The van der Waals surface area contributed by atoms with Gasteiger partial charge in [0.05, 0.1) is 5.92 Å². The van der Waals surface area contributed by atoms with Crippen LogP contribution in [-0.4, -0.2) is 36.3 Å². The Labute approximate surface area is 104 Å². The number of nitrogens with zero attached hydrogens (tertiary/aromatic N) is 1.